The molecule has 0 heterocycles. The number of primary amides is 1. The molecule has 2 unspecified atom stereocenters. The van der Waals surface area contributed by atoms with Crippen molar-refractivity contribution in [3.63, 3.8) is 0 Å². The number of nitrogens with two attached hydrogens (primary N) is 1. The Morgan fingerprint density at radius 1 is 1.50 bits per heavy atom. The summed E-state index contributed by atoms with van der Waals surface area (Å²) in [5.41, 5.74) is 5.18. The van der Waals surface area contributed by atoms with Gasteiger partial charge in [-0.1, -0.05) is 13.8 Å². The molecule has 5 heteroatoms. The lowest BCUT2D eigenvalue weighted by Crippen LogP contribution is -2.64. The molecule has 2 atom stereocenters. The third-order valence-corrected chi connectivity index (χ3v) is 4.46. The number of methoxy groups -OCH3 is 1. The lowest BCUT2D eigenvalue weighted by atomic mass is 9.90. The van der Waals surface area contributed by atoms with Crippen molar-refractivity contribution in [2.24, 2.45) is 11.7 Å². The summed E-state index contributed by atoms with van der Waals surface area (Å²) < 4.78 is 5.20. The van der Waals surface area contributed by atoms with Gasteiger partial charge in [0.2, 0.25) is 5.91 Å². The zero-order chi connectivity index (χ0) is 15.2. The fourth-order valence-electron chi connectivity index (χ4n) is 2.83. The average molecular weight is 285 g/mol. The summed E-state index contributed by atoms with van der Waals surface area (Å²) in [6.45, 7) is 9.34. The van der Waals surface area contributed by atoms with Gasteiger partial charge in [-0.2, -0.15) is 0 Å². The Bertz CT molecular complexity index is 307. The van der Waals surface area contributed by atoms with Crippen LogP contribution in [0.5, 0.6) is 0 Å². The molecule has 0 saturated heterocycles. The molecule has 118 valence electrons. The van der Waals surface area contributed by atoms with Crippen LogP contribution >= 0.6 is 0 Å². The van der Waals surface area contributed by atoms with E-state index in [1.165, 1.54) is 0 Å². The first-order valence-electron chi connectivity index (χ1n) is 7.79. The number of hydrogen-bond acceptors (Lipinski definition) is 4. The van der Waals surface area contributed by atoms with Gasteiger partial charge in [0.25, 0.3) is 0 Å². The van der Waals surface area contributed by atoms with E-state index in [0.717, 1.165) is 32.4 Å². The quantitative estimate of drug-likeness (QED) is 0.594. The SMILES string of the molecule is CCNC(CN(CCOC)C(C)CC)(C(N)=O)C1CC1. The molecular formula is C15H31N3O2. The monoisotopic (exact) mass is 285 g/mol. The zero-order valence-corrected chi connectivity index (χ0v) is 13.4. The number of ether oxygens (including phenoxy) is 1. The predicted octanol–water partition coefficient (Wildman–Crippen LogP) is 0.977. The normalized spacial score (nSPS) is 19.9. The van der Waals surface area contributed by atoms with Crippen molar-refractivity contribution in [3.8, 4) is 0 Å². The van der Waals surface area contributed by atoms with Crippen LogP contribution in [0.3, 0.4) is 0 Å². The molecule has 0 bridgehead atoms. The van der Waals surface area contributed by atoms with Crippen molar-refractivity contribution in [2.75, 3.05) is 33.4 Å². The Morgan fingerprint density at radius 3 is 2.55 bits per heavy atom. The minimum atomic E-state index is -0.577. The third kappa shape index (κ3) is 4.17. The largest absolute Gasteiger partial charge is 0.383 e. The number of carbonyl (C=O) groups excluding carboxylic acids is 1. The molecule has 1 aliphatic carbocycles. The summed E-state index contributed by atoms with van der Waals surface area (Å²) in [5.74, 6) is 0.168. The molecule has 1 rings (SSSR count). The molecule has 5 nitrogen and oxygen atoms in total. The molecule has 0 aromatic carbocycles. The van der Waals surface area contributed by atoms with Crippen LogP contribution in [0.4, 0.5) is 0 Å². The van der Waals surface area contributed by atoms with Crippen molar-refractivity contribution in [3.05, 3.63) is 0 Å². The molecular weight excluding hydrogens is 254 g/mol. The number of rotatable bonds is 11. The Balaban J connectivity index is 2.85. The number of hydrogen-bond donors (Lipinski definition) is 2. The van der Waals surface area contributed by atoms with Gasteiger partial charge in [-0.05, 0) is 38.6 Å². The molecule has 1 amide bonds. The first kappa shape index (κ1) is 17.4. The van der Waals surface area contributed by atoms with Gasteiger partial charge in [0, 0.05) is 26.2 Å². The second kappa shape index (κ2) is 7.96. The Hall–Kier alpha value is -0.650. The molecule has 1 aliphatic rings. The molecule has 0 aromatic rings. The van der Waals surface area contributed by atoms with Gasteiger partial charge in [0.1, 0.15) is 5.54 Å². The van der Waals surface area contributed by atoms with Crippen LogP contribution in [0.15, 0.2) is 0 Å². The number of likely N-dealkylation sites (N-methyl/N-ethyl adjacent to an activating group) is 1. The highest BCUT2D eigenvalue weighted by Crippen LogP contribution is 2.40. The van der Waals surface area contributed by atoms with Gasteiger partial charge >= 0.3 is 0 Å². The fourth-order valence-corrected chi connectivity index (χ4v) is 2.83. The third-order valence-electron chi connectivity index (χ3n) is 4.46. The Kier molecular flexibility index (Phi) is 6.92. The highest BCUT2D eigenvalue weighted by Gasteiger charge is 2.50. The van der Waals surface area contributed by atoms with Gasteiger partial charge in [-0.25, -0.2) is 0 Å². The standard InChI is InChI=1S/C15H31N3O2/c1-5-12(3)18(9-10-20-4)11-15(14(16)19,17-6-2)13-7-8-13/h12-13,17H,5-11H2,1-4H3,(H2,16,19). The van der Waals surface area contributed by atoms with E-state index in [9.17, 15) is 4.79 Å². The van der Waals surface area contributed by atoms with Gasteiger partial charge in [-0.15, -0.1) is 0 Å². The highest BCUT2D eigenvalue weighted by atomic mass is 16.5. The fraction of sp³-hybridized carbons (Fsp3) is 0.933. The molecule has 0 radical (unpaired) electrons. The minimum Gasteiger partial charge on any atom is -0.383 e. The molecule has 3 N–H and O–H groups in total. The maximum atomic E-state index is 12.1. The van der Waals surface area contributed by atoms with Crippen LogP contribution < -0.4 is 11.1 Å². The Labute approximate surface area is 123 Å². The van der Waals surface area contributed by atoms with E-state index in [-0.39, 0.29) is 5.91 Å². The van der Waals surface area contributed by atoms with Crippen molar-refractivity contribution in [1.29, 1.82) is 0 Å². The summed E-state index contributed by atoms with van der Waals surface area (Å²) in [6, 6.07) is 0.418. The van der Waals surface area contributed by atoms with E-state index >= 15 is 0 Å². The molecule has 1 fully saturated rings. The van der Waals surface area contributed by atoms with Crippen molar-refractivity contribution in [2.45, 2.75) is 51.6 Å². The molecule has 1 saturated carbocycles. The lowest BCUT2D eigenvalue weighted by Gasteiger charge is -2.39. The number of nitrogens with one attached hydrogen (secondary N) is 1. The smallest absolute Gasteiger partial charge is 0.239 e. The van der Waals surface area contributed by atoms with Crippen LogP contribution in [-0.4, -0.2) is 55.7 Å². The number of amides is 1. The number of carbonyl (C=O) groups is 1. The summed E-state index contributed by atoms with van der Waals surface area (Å²) in [5, 5.41) is 3.39. The zero-order valence-electron chi connectivity index (χ0n) is 13.4. The maximum absolute atomic E-state index is 12.1. The van der Waals surface area contributed by atoms with Crippen molar-refractivity contribution < 1.29 is 9.53 Å². The minimum absolute atomic E-state index is 0.215. The second-order valence-corrected chi connectivity index (χ2v) is 5.86. The molecule has 20 heavy (non-hydrogen) atoms. The van der Waals surface area contributed by atoms with Crippen LogP contribution in [-0.2, 0) is 9.53 Å². The van der Waals surface area contributed by atoms with Gasteiger partial charge in [-0.3, -0.25) is 9.69 Å². The summed E-state index contributed by atoms with van der Waals surface area (Å²) in [6.07, 6.45) is 3.23. The van der Waals surface area contributed by atoms with Crippen LogP contribution in [0.2, 0.25) is 0 Å². The second-order valence-electron chi connectivity index (χ2n) is 5.86. The first-order valence-corrected chi connectivity index (χ1v) is 7.79. The van der Waals surface area contributed by atoms with Crippen LogP contribution in [0, 0.1) is 5.92 Å². The topological polar surface area (TPSA) is 67.6 Å². The summed E-state index contributed by atoms with van der Waals surface area (Å²) in [7, 11) is 1.71. The van der Waals surface area contributed by atoms with Gasteiger partial charge in [0.05, 0.1) is 6.61 Å². The van der Waals surface area contributed by atoms with Gasteiger partial charge < -0.3 is 15.8 Å². The maximum Gasteiger partial charge on any atom is 0.239 e. The van der Waals surface area contributed by atoms with E-state index in [1.54, 1.807) is 7.11 Å². The van der Waals surface area contributed by atoms with Crippen LogP contribution in [0.1, 0.15) is 40.0 Å². The van der Waals surface area contributed by atoms with Crippen molar-refractivity contribution >= 4 is 5.91 Å². The molecule has 0 aromatic heterocycles. The average Bonchev–Trinajstić information content (AvgIpc) is 3.25. The van der Waals surface area contributed by atoms with E-state index < -0.39 is 5.54 Å². The predicted molar refractivity (Wildman–Crippen MR) is 81.5 cm³/mol. The highest BCUT2D eigenvalue weighted by molar-refractivity contribution is 5.86. The van der Waals surface area contributed by atoms with Gasteiger partial charge in [0.15, 0.2) is 0 Å². The lowest BCUT2D eigenvalue weighted by molar-refractivity contribution is -0.126. The van der Waals surface area contributed by atoms with Crippen molar-refractivity contribution in [1.82, 2.24) is 10.2 Å². The van der Waals surface area contributed by atoms with E-state index in [2.05, 4.69) is 24.1 Å². The van der Waals surface area contributed by atoms with Crippen LogP contribution in [0.25, 0.3) is 0 Å². The number of nitrogens with zero attached hydrogens (tertiary/aromatic N) is 1. The Morgan fingerprint density at radius 2 is 2.15 bits per heavy atom. The summed E-state index contributed by atoms with van der Waals surface area (Å²) in [4.78, 5) is 14.4. The molecule has 0 spiro atoms. The first-order chi connectivity index (χ1) is 9.51. The van der Waals surface area contributed by atoms with E-state index in [1.807, 2.05) is 6.92 Å². The summed E-state index contributed by atoms with van der Waals surface area (Å²) >= 11 is 0. The van der Waals surface area contributed by atoms with E-state index in [4.69, 9.17) is 10.5 Å². The van der Waals surface area contributed by atoms with E-state index in [0.29, 0.717) is 25.1 Å². The molecule has 0 aliphatic heterocycles.